The molecule has 21 heavy (non-hydrogen) atoms. The quantitative estimate of drug-likeness (QED) is 0.823. The van der Waals surface area contributed by atoms with Gasteiger partial charge in [0.15, 0.2) is 0 Å². The zero-order valence-electron chi connectivity index (χ0n) is 12.7. The standard InChI is InChI=1S/C17H19FN2O/c1-9-5-10(2)16(11(3)6-9)20-17(21)13-7-14(18)12(4)15(19)8-13/h5-8H,19H2,1-4H3,(H,20,21). The maximum absolute atomic E-state index is 13.7. The summed E-state index contributed by atoms with van der Waals surface area (Å²) in [4.78, 5) is 12.3. The van der Waals surface area contributed by atoms with Gasteiger partial charge in [-0.1, -0.05) is 17.7 Å². The van der Waals surface area contributed by atoms with Gasteiger partial charge in [0, 0.05) is 22.5 Å². The second-order valence-electron chi connectivity index (χ2n) is 5.40. The molecule has 4 heteroatoms. The number of hydrogen-bond donors (Lipinski definition) is 2. The molecule has 0 bridgehead atoms. The summed E-state index contributed by atoms with van der Waals surface area (Å²) in [5.74, 6) is -0.840. The third kappa shape index (κ3) is 3.05. The Labute approximate surface area is 124 Å². The van der Waals surface area contributed by atoms with Gasteiger partial charge in [-0.15, -0.1) is 0 Å². The van der Waals surface area contributed by atoms with Crippen molar-refractivity contribution >= 4 is 17.3 Å². The number of hydrogen-bond acceptors (Lipinski definition) is 2. The summed E-state index contributed by atoms with van der Waals surface area (Å²) in [6.45, 7) is 7.45. The number of rotatable bonds is 2. The molecule has 0 saturated heterocycles. The average Bonchev–Trinajstić information content (AvgIpc) is 2.39. The van der Waals surface area contributed by atoms with Crippen LogP contribution in [-0.2, 0) is 0 Å². The van der Waals surface area contributed by atoms with Gasteiger partial charge in [0.25, 0.3) is 5.91 Å². The predicted molar refractivity (Wildman–Crippen MR) is 84.2 cm³/mol. The van der Waals surface area contributed by atoms with Gasteiger partial charge < -0.3 is 11.1 Å². The number of benzene rings is 2. The number of nitrogens with two attached hydrogens (primary N) is 1. The number of anilines is 2. The summed E-state index contributed by atoms with van der Waals surface area (Å²) < 4.78 is 13.7. The Hall–Kier alpha value is -2.36. The first-order chi connectivity index (χ1) is 9.79. The van der Waals surface area contributed by atoms with Crippen LogP contribution in [0.5, 0.6) is 0 Å². The van der Waals surface area contributed by atoms with E-state index in [0.29, 0.717) is 5.56 Å². The summed E-state index contributed by atoms with van der Waals surface area (Å²) >= 11 is 0. The summed E-state index contributed by atoms with van der Waals surface area (Å²) in [7, 11) is 0. The monoisotopic (exact) mass is 286 g/mol. The van der Waals surface area contributed by atoms with Gasteiger partial charge in [0.2, 0.25) is 0 Å². The molecule has 0 radical (unpaired) electrons. The molecule has 2 aromatic rings. The van der Waals surface area contributed by atoms with Crippen molar-refractivity contribution in [3.05, 3.63) is 57.9 Å². The maximum Gasteiger partial charge on any atom is 0.255 e. The van der Waals surface area contributed by atoms with Gasteiger partial charge in [-0.25, -0.2) is 4.39 Å². The molecule has 0 spiro atoms. The molecule has 0 fully saturated rings. The van der Waals surface area contributed by atoms with Crippen LogP contribution < -0.4 is 11.1 Å². The highest BCUT2D eigenvalue weighted by Crippen LogP contribution is 2.24. The van der Waals surface area contributed by atoms with Gasteiger partial charge in [-0.2, -0.15) is 0 Å². The molecule has 0 saturated carbocycles. The van der Waals surface area contributed by atoms with Gasteiger partial charge in [0.05, 0.1) is 0 Å². The molecule has 0 aliphatic carbocycles. The van der Waals surface area contributed by atoms with Crippen molar-refractivity contribution in [2.24, 2.45) is 0 Å². The van der Waals surface area contributed by atoms with E-state index < -0.39 is 5.82 Å². The van der Waals surface area contributed by atoms with Crippen molar-refractivity contribution in [3.8, 4) is 0 Å². The molecule has 3 nitrogen and oxygen atoms in total. The third-order valence-corrected chi connectivity index (χ3v) is 3.56. The Morgan fingerprint density at radius 3 is 2.14 bits per heavy atom. The van der Waals surface area contributed by atoms with Crippen LogP contribution in [-0.4, -0.2) is 5.91 Å². The molecular formula is C17H19FN2O. The Bertz CT molecular complexity index is 677. The van der Waals surface area contributed by atoms with Crippen LogP contribution in [0.1, 0.15) is 32.6 Å². The topological polar surface area (TPSA) is 55.1 Å². The van der Waals surface area contributed by atoms with Gasteiger partial charge in [0.1, 0.15) is 5.82 Å². The van der Waals surface area contributed by atoms with E-state index in [-0.39, 0.29) is 17.2 Å². The second-order valence-corrected chi connectivity index (χ2v) is 5.40. The fourth-order valence-electron chi connectivity index (χ4n) is 2.39. The second kappa shape index (κ2) is 5.56. The SMILES string of the molecule is Cc1cc(C)c(NC(=O)c2cc(N)c(C)c(F)c2)c(C)c1. The van der Waals surface area contributed by atoms with Crippen LogP contribution in [0.25, 0.3) is 0 Å². The van der Waals surface area contributed by atoms with Gasteiger partial charge >= 0.3 is 0 Å². The largest absolute Gasteiger partial charge is 0.398 e. The number of nitrogens with one attached hydrogen (secondary N) is 1. The molecule has 110 valence electrons. The fourth-order valence-corrected chi connectivity index (χ4v) is 2.39. The number of amides is 1. The molecule has 1 amide bonds. The average molecular weight is 286 g/mol. The van der Waals surface area contributed by atoms with E-state index in [1.54, 1.807) is 6.92 Å². The Balaban J connectivity index is 2.35. The normalized spacial score (nSPS) is 10.5. The lowest BCUT2D eigenvalue weighted by Crippen LogP contribution is -2.15. The van der Waals surface area contributed by atoms with E-state index in [9.17, 15) is 9.18 Å². The van der Waals surface area contributed by atoms with E-state index >= 15 is 0 Å². The van der Waals surface area contributed by atoms with Crippen LogP contribution >= 0.6 is 0 Å². The minimum atomic E-state index is -0.475. The zero-order chi connectivity index (χ0) is 15.7. The molecule has 0 heterocycles. The van der Waals surface area contributed by atoms with Crippen LogP contribution in [0.15, 0.2) is 24.3 Å². The van der Waals surface area contributed by atoms with Crippen molar-refractivity contribution in [1.29, 1.82) is 0 Å². The highest BCUT2D eigenvalue weighted by molar-refractivity contribution is 6.05. The van der Waals surface area contributed by atoms with E-state index in [0.717, 1.165) is 22.4 Å². The molecule has 3 N–H and O–H groups in total. The summed E-state index contributed by atoms with van der Waals surface area (Å²) in [6, 6.07) is 6.69. The molecule has 0 aliphatic heterocycles. The lowest BCUT2D eigenvalue weighted by atomic mass is 10.0. The predicted octanol–water partition coefficient (Wildman–Crippen LogP) is 3.89. The van der Waals surface area contributed by atoms with Crippen molar-refractivity contribution in [3.63, 3.8) is 0 Å². The van der Waals surface area contributed by atoms with Crippen molar-refractivity contribution in [2.45, 2.75) is 27.7 Å². The van der Waals surface area contributed by atoms with Crippen LogP contribution in [0.2, 0.25) is 0 Å². The smallest absolute Gasteiger partial charge is 0.255 e. The molecule has 0 unspecified atom stereocenters. The molecule has 2 rings (SSSR count). The van der Waals surface area contributed by atoms with Crippen LogP contribution in [0, 0.1) is 33.5 Å². The highest BCUT2D eigenvalue weighted by Gasteiger charge is 2.13. The Kier molecular flexibility index (Phi) is 3.98. The van der Waals surface area contributed by atoms with Gasteiger partial charge in [-0.3, -0.25) is 4.79 Å². The maximum atomic E-state index is 13.7. The van der Waals surface area contributed by atoms with Crippen LogP contribution in [0.4, 0.5) is 15.8 Å². The minimum Gasteiger partial charge on any atom is -0.398 e. The van der Waals surface area contributed by atoms with Crippen LogP contribution in [0.3, 0.4) is 0 Å². The lowest BCUT2D eigenvalue weighted by molar-refractivity contribution is 0.102. The zero-order valence-corrected chi connectivity index (χ0v) is 12.7. The fraction of sp³-hybridized carbons (Fsp3) is 0.235. The summed E-state index contributed by atoms with van der Waals surface area (Å²) in [5.41, 5.74) is 10.4. The van der Waals surface area contributed by atoms with E-state index in [1.165, 1.54) is 12.1 Å². The number of nitrogen functional groups attached to an aromatic ring is 1. The first-order valence-electron chi connectivity index (χ1n) is 6.74. The number of aryl methyl sites for hydroxylation is 3. The van der Waals surface area contributed by atoms with Gasteiger partial charge in [-0.05, 0) is 51.0 Å². The third-order valence-electron chi connectivity index (χ3n) is 3.56. The molecular weight excluding hydrogens is 267 g/mol. The number of halogens is 1. The molecule has 2 aromatic carbocycles. The summed E-state index contributed by atoms with van der Waals surface area (Å²) in [5, 5.41) is 2.83. The highest BCUT2D eigenvalue weighted by atomic mass is 19.1. The number of carbonyl (C=O) groups excluding carboxylic acids is 1. The van der Waals surface area contributed by atoms with E-state index in [4.69, 9.17) is 5.73 Å². The Morgan fingerprint density at radius 1 is 1.05 bits per heavy atom. The number of carbonyl (C=O) groups is 1. The first-order valence-corrected chi connectivity index (χ1v) is 6.74. The van der Waals surface area contributed by atoms with Crippen molar-refractivity contribution < 1.29 is 9.18 Å². The first kappa shape index (κ1) is 15.0. The molecule has 0 aromatic heterocycles. The van der Waals surface area contributed by atoms with E-state index in [1.807, 2.05) is 32.9 Å². The van der Waals surface area contributed by atoms with Crippen molar-refractivity contribution in [1.82, 2.24) is 0 Å². The molecule has 0 atom stereocenters. The Morgan fingerprint density at radius 2 is 1.62 bits per heavy atom. The van der Waals surface area contributed by atoms with Crippen molar-refractivity contribution in [2.75, 3.05) is 11.1 Å². The molecule has 0 aliphatic rings. The van der Waals surface area contributed by atoms with E-state index in [2.05, 4.69) is 5.32 Å². The lowest BCUT2D eigenvalue weighted by Gasteiger charge is -2.13. The minimum absolute atomic E-state index is 0.218. The summed E-state index contributed by atoms with van der Waals surface area (Å²) in [6.07, 6.45) is 0.